The van der Waals surface area contributed by atoms with Crippen LogP contribution in [0.4, 0.5) is 20.6 Å². The van der Waals surface area contributed by atoms with E-state index in [4.69, 9.17) is 4.74 Å². The maximum absolute atomic E-state index is 13.3. The Labute approximate surface area is 124 Å². The van der Waals surface area contributed by atoms with Gasteiger partial charge in [0.2, 0.25) is 0 Å². The lowest BCUT2D eigenvalue weighted by molar-refractivity contribution is 0.262. The van der Waals surface area contributed by atoms with Gasteiger partial charge in [0, 0.05) is 17.4 Å². The number of rotatable bonds is 3. The number of ether oxygens (including phenoxy) is 1. The summed E-state index contributed by atoms with van der Waals surface area (Å²) in [5.74, 6) is 0.196. The number of benzene rings is 2. The highest BCUT2D eigenvalue weighted by Gasteiger charge is 2.06. The number of anilines is 2. The summed E-state index contributed by atoms with van der Waals surface area (Å²) in [5.41, 5.74) is 0.950. The number of nitrogens with one attached hydrogen (secondary N) is 2. The summed E-state index contributed by atoms with van der Waals surface area (Å²) in [5, 5.41) is 5.18. The van der Waals surface area contributed by atoms with Crippen molar-refractivity contribution in [3.63, 3.8) is 0 Å². The Morgan fingerprint density at radius 3 is 2.50 bits per heavy atom. The van der Waals surface area contributed by atoms with Crippen LogP contribution in [0.25, 0.3) is 0 Å². The van der Waals surface area contributed by atoms with E-state index < -0.39 is 11.8 Å². The lowest BCUT2D eigenvalue weighted by atomic mass is 10.3. The highest BCUT2D eigenvalue weighted by Crippen LogP contribution is 2.20. The zero-order chi connectivity index (χ0) is 14.5. The van der Waals surface area contributed by atoms with Crippen LogP contribution in [-0.2, 0) is 0 Å². The second-order valence-electron chi connectivity index (χ2n) is 3.94. The fraction of sp³-hybridized carbons (Fsp3) is 0.0714. The van der Waals surface area contributed by atoms with Gasteiger partial charge in [-0.1, -0.05) is 6.07 Å². The number of carbonyl (C=O) groups is 1. The van der Waals surface area contributed by atoms with Crippen LogP contribution in [0.5, 0.6) is 5.75 Å². The zero-order valence-electron chi connectivity index (χ0n) is 10.6. The van der Waals surface area contributed by atoms with E-state index in [9.17, 15) is 9.18 Å². The summed E-state index contributed by atoms with van der Waals surface area (Å²) < 4.78 is 18.7. The molecule has 2 N–H and O–H groups in total. The van der Waals surface area contributed by atoms with Crippen molar-refractivity contribution in [1.82, 2.24) is 0 Å². The first-order valence-corrected chi connectivity index (χ1v) is 6.55. The highest BCUT2D eigenvalue weighted by atomic mass is 79.9. The van der Waals surface area contributed by atoms with Crippen LogP contribution in [0.1, 0.15) is 0 Å². The standard InChI is InChI=1S/C14H12BrFN2O2/c1-20-11-4-2-3-9(7-11)17-14(19)18-10-5-6-12(15)13(16)8-10/h2-8H,1H3,(H2,17,18,19). The predicted octanol–water partition coefficient (Wildman–Crippen LogP) is 4.24. The highest BCUT2D eigenvalue weighted by molar-refractivity contribution is 9.10. The Morgan fingerprint density at radius 1 is 1.15 bits per heavy atom. The summed E-state index contributed by atoms with van der Waals surface area (Å²) >= 11 is 3.05. The number of carbonyl (C=O) groups excluding carboxylic acids is 1. The molecule has 2 rings (SSSR count). The van der Waals surface area contributed by atoms with Crippen molar-refractivity contribution >= 4 is 33.3 Å². The molecule has 0 heterocycles. The van der Waals surface area contributed by atoms with Gasteiger partial charge in [-0.15, -0.1) is 0 Å². The first-order valence-electron chi connectivity index (χ1n) is 5.75. The molecule has 0 aromatic heterocycles. The Morgan fingerprint density at radius 2 is 1.85 bits per heavy atom. The minimum atomic E-state index is -0.458. The minimum absolute atomic E-state index is 0.344. The Kier molecular flexibility index (Phi) is 4.57. The van der Waals surface area contributed by atoms with E-state index in [0.717, 1.165) is 0 Å². The molecule has 0 aliphatic carbocycles. The van der Waals surface area contributed by atoms with E-state index in [1.54, 1.807) is 37.4 Å². The molecule has 2 amide bonds. The van der Waals surface area contributed by atoms with Crippen molar-refractivity contribution in [2.45, 2.75) is 0 Å². The fourth-order valence-electron chi connectivity index (χ4n) is 1.57. The maximum atomic E-state index is 13.3. The molecule has 0 saturated carbocycles. The lowest BCUT2D eigenvalue weighted by Crippen LogP contribution is -2.19. The van der Waals surface area contributed by atoms with E-state index >= 15 is 0 Å². The second kappa shape index (κ2) is 6.38. The molecule has 4 nitrogen and oxygen atoms in total. The molecule has 104 valence electrons. The molecule has 20 heavy (non-hydrogen) atoms. The molecule has 0 spiro atoms. The molecule has 0 radical (unpaired) electrons. The maximum Gasteiger partial charge on any atom is 0.323 e. The number of urea groups is 1. The Balaban J connectivity index is 2.03. The second-order valence-corrected chi connectivity index (χ2v) is 4.79. The number of halogens is 2. The SMILES string of the molecule is COc1cccc(NC(=O)Nc2ccc(Br)c(F)c2)c1. The van der Waals surface area contributed by atoms with Gasteiger partial charge in [-0.25, -0.2) is 9.18 Å². The van der Waals surface area contributed by atoms with Gasteiger partial charge in [0.1, 0.15) is 11.6 Å². The van der Waals surface area contributed by atoms with Crippen LogP contribution in [0.2, 0.25) is 0 Å². The molecule has 0 aliphatic heterocycles. The van der Waals surface area contributed by atoms with E-state index in [1.165, 1.54) is 12.1 Å². The van der Waals surface area contributed by atoms with Gasteiger partial charge in [0.15, 0.2) is 0 Å². The molecule has 2 aromatic carbocycles. The van der Waals surface area contributed by atoms with Gasteiger partial charge in [-0.2, -0.15) is 0 Å². The third-order valence-electron chi connectivity index (χ3n) is 2.51. The molecule has 0 bridgehead atoms. The van der Waals surface area contributed by atoms with Gasteiger partial charge >= 0.3 is 6.03 Å². The summed E-state index contributed by atoms with van der Waals surface area (Å²) in [6.45, 7) is 0. The topological polar surface area (TPSA) is 50.4 Å². The third kappa shape index (κ3) is 3.71. The van der Waals surface area contributed by atoms with Crippen LogP contribution in [0.15, 0.2) is 46.9 Å². The van der Waals surface area contributed by atoms with Crippen molar-refractivity contribution in [3.05, 3.63) is 52.8 Å². The number of methoxy groups -OCH3 is 1. The lowest BCUT2D eigenvalue weighted by Gasteiger charge is -2.09. The van der Waals surface area contributed by atoms with Crippen LogP contribution in [0.3, 0.4) is 0 Å². The van der Waals surface area contributed by atoms with E-state index in [-0.39, 0.29) is 0 Å². The Bertz CT molecular complexity index is 634. The van der Waals surface area contributed by atoms with Gasteiger partial charge in [-0.05, 0) is 46.3 Å². The summed E-state index contributed by atoms with van der Waals surface area (Å²) in [7, 11) is 1.55. The molecule has 6 heteroatoms. The molecular formula is C14H12BrFN2O2. The Hall–Kier alpha value is -2.08. The average Bonchev–Trinajstić information content (AvgIpc) is 2.43. The first kappa shape index (κ1) is 14.3. The van der Waals surface area contributed by atoms with Crippen LogP contribution >= 0.6 is 15.9 Å². The van der Waals surface area contributed by atoms with Crippen molar-refractivity contribution in [2.24, 2.45) is 0 Å². The first-order chi connectivity index (χ1) is 9.58. The van der Waals surface area contributed by atoms with Gasteiger partial charge < -0.3 is 15.4 Å². The van der Waals surface area contributed by atoms with Crippen molar-refractivity contribution in [1.29, 1.82) is 0 Å². The summed E-state index contributed by atoms with van der Waals surface area (Å²) in [6.07, 6.45) is 0. The van der Waals surface area contributed by atoms with Gasteiger partial charge in [-0.3, -0.25) is 0 Å². The smallest absolute Gasteiger partial charge is 0.323 e. The molecule has 0 unspecified atom stereocenters. The quantitative estimate of drug-likeness (QED) is 0.879. The van der Waals surface area contributed by atoms with Gasteiger partial charge in [0.05, 0.1) is 11.6 Å². The number of hydrogen-bond donors (Lipinski definition) is 2. The predicted molar refractivity (Wildman–Crippen MR) is 79.7 cm³/mol. The zero-order valence-corrected chi connectivity index (χ0v) is 12.2. The molecule has 0 aliphatic rings. The molecule has 0 atom stereocenters. The molecular weight excluding hydrogens is 327 g/mol. The van der Waals surface area contributed by atoms with Crippen LogP contribution in [-0.4, -0.2) is 13.1 Å². The summed E-state index contributed by atoms with van der Waals surface area (Å²) in [4.78, 5) is 11.8. The van der Waals surface area contributed by atoms with Crippen molar-refractivity contribution < 1.29 is 13.9 Å². The minimum Gasteiger partial charge on any atom is -0.497 e. The molecule has 2 aromatic rings. The monoisotopic (exact) mass is 338 g/mol. The largest absolute Gasteiger partial charge is 0.497 e. The number of hydrogen-bond acceptors (Lipinski definition) is 2. The number of amides is 2. The van der Waals surface area contributed by atoms with Crippen LogP contribution < -0.4 is 15.4 Å². The average molecular weight is 339 g/mol. The van der Waals surface area contributed by atoms with E-state index in [2.05, 4.69) is 26.6 Å². The van der Waals surface area contributed by atoms with E-state index in [1.807, 2.05) is 0 Å². The van der Waals surface area contributed by atoms with Crippen molar-refractivity contribution in [2.75, 3.05) is 17.7 Å². The molecule has 0 fully saturated rings. The summed E-state index contributed by atoms with van der Waals surface area (Å²) in [6, 6.07) is 10.8. The van der Waals surface area contributed by atoms with Crippen molar-refractivity contribution in [3.8, 4) is 5.75 Å². The fourth-order valence-corrected chi connectivity index (χ4v) is 1.81. The third-order valence-corrected chi connectivity index (χ3v) is 3.15. The van der Waals surface area contributed by atoms with Gasteiger partial charge in [0.25, 0.3) is 0 Å². The van der Waals surface area contributed by atoms with E-state index in [0.29, 0.717) is 21.6 Å². The molecule has 0 saturated heterocycles. The normalized spacial score (nSPS) is 9.95. The van der Waals surface area contributed by atoms with Crippen LogP contribution in [0, 0.1) is 5.82 Å².